The Balaban J connectivity index is 1.79. The molecule has 25 heavy (non-hydrogen) atoms. The zero-order valence-corrected chi connectivity index (χ0v) is 15.2. The van der Waals surface area contributed by atoms with Crippen molar-refractivity contribution in [3.63, 3.8) is 0 Å². The standard InChI is InChI=1S/C21H24N4/c1-14-10-11-19(12-15(14)2)24-21-22-16(3)13-20(25-21)23-17(4)18-8-6-5-7-9-18/h5-13,17H,1-4H3,(H2,22,23,24,25). The largest absolute Gasteiger partial charge is 0.363 e. The molecule has 1 aromatic heterocycles. The van der Waals surface area contributed by atoms with Gasteiger partial charge in [0, 0.05) is 23.5 Å². The average Bonchev–Trinajstić information content (AvgIpc) is 2.58. The van der Waals surface area contributed by atoms with Crippen LogP contribution in [0.2, 0.25) is 0 Å². The SMILES string of the molecule is Cc1cc(NC(C)c2ccccc2)nc(Nc2ccc(C)c(C)c2)n1. The molecule has 0 bridgehead atoms. The molecule has 2 aromatic carbocycles. The quantitative estimate of drug-likeness (QED) is 0.664. The Morgan fingerprint density at radius 1 is 0.840 bits per heavy atom. The lowest BCUT2D eigenvalue weighted by molar-refractivity contribution is 0.871. The van der Waals surface area contributed by atoms with Gasteiger partial charge in [-0.1, -0.05) is 36.4 Å². The van der Waals surface area contributed by atoms with Crippen LogP contribution in [0.15, 0.2) is 54.6 Å². The van der Waals surface area contributed by atoms with Gasteiger partial charge in [-0.15, -0.1) is 0 Å². The highest BCUT2D eigenvalue weighted by molar-refractivity contribution is 5.57. The van der Waals surface area contributed by atoms with E-state index in [1.165, 1.54) is 16.7 Å². The van der Waals surface area contributed by atoms with Crippen molar-refractivity contribution in [3.8, 4) is 0 Å². The third kappa shape index (κ3) is 4.35. The smallest absolute Gasteiger partial charge is 0.229 e. The molecule has 2 N–H and O–H groups in total. The van der Waals surface area contributed by atoms with Crippen LogP contribution >= 0.6 is 0 Å². The van der Waals surface area contributed by atoms with E-state index in [9.17, 15) is 0 Å². The summed E-state index contributed by atoms with van der Waals surface area (Å²) in [5.74, 6) is 1.42. The molecule has 128 valence electrons. The number of benzene rings is 2. The highest BCUT2D eigenvalue weighted by atomic mass is 15.1. The summed E-state index contributed by atoms with van der Waals surface area (Å²) >= 11 is 0. The Kier molecular flexibility index (Phi) is 4.98. The normalized spacial score (nSPS) is 11.8. The Hall–Kier alpha value is -2.88. The molecule has 0 aliphatic rings. The fourth-order valence-corrected chi connectivity index (χ4v) is 2.69. The first-order chi connectivity index (χ1) is 12.0. The number of aryl methyl sites for hydroxylation is 3. The van der Waals surface area contributed by atoms with Crippen LogP contribution in [0.5, 0.6) is 0 Å². The highest BCUT2D eigenvalue weighted by Gasteiger charge is 2.08. The topological polar surface area (TPSA) is 49.8 Å². The second-order valence-corrected chi connectivity index (χ2v) is 6.42. The van der Waals surface area contributed by atoms with Gasteiger partial charge in [0.2, 0.25) is 5.95 Å². The van der Waals surface area contributed by atoms with E-state index >= 15 is 0 Å². The van der Waals surface area contributed by atoms with E-state index in [4.69, 9.17) is 0 Å². The van der Waals surface area contributed by atoms with E-state index in [-0.39, 0.29) is 6.04 Å². The number of hydrogen-bond acceptors (Lipinski definition) is 4. The van der Waals surface area contributed by atoms with Crippen molar-refractivity contribution in [2.45, 2.75) is 33.7 Å². The summed E-state index contributed by atoms with van der Waals surface area (Å²) in [4.78, 5) is 9.11. The maximum atomic E-state index is 4.61. The molecule has 0 fully saturated rings. The molecule has 3 aromatic rings. The molecule has 0 radical (unpaired) electrons. The molecule has 1 heterocycles. The van der Waals surface area contributed by atoms with Crippen LogP contribution in [-0.2, 0) is 0 Å². The molecule has 1 unspecified atom stereocenters. The molecule has 0 spiro atoms. The van der Waals surface area contributed by atoms with Gasteiger partial charge in [0.1, 0.15) is 5.82 Å². The van der Waals surface area contributed by atoms with E-state index in [0.717, 1.165) is 17.2 Å². The lowest BCUT2D eigenvalue weighted by Crippen LogP contribution is -2.10. The molecule has 0 aliphatic heterocycles. The maximum absolute atomic E-state index is 4.61. The summed E-state index contributed by atoms with van der Waals surface area (Å²) in [5, 5.41) is 6.76. The van der Waals surface area contributed by atoms with E-state index in [1.807, 2.05) is 37.3 Å². The van der Waals surface area contributed by atoms with E-state index in [1.54, 1.807) is 0 Å². The van der Waals surface area contributed by atoms with Crippen molar-refractivity contribution >= 4 is 17.5 Å². The zero-order chi connectivity index (χ0) is 17.8. The van der Waals surface area contributed by atoms with Crippen LogP contribution in [0, 0.1) is 20.8 Å². The Bertz CT molecular complexity index is 859. The molecule has 0 saturated carbocycles. The molecule has 1 atom stereocenters. The third-order valence-corrected chi connectivity index (χ3v) is 4.28. The first kappa shape index (κ1) is 17.0. The molecular weight excluding hydrogens is 308 g/mol. The van der Waals surface area contributed by atoms with Crippen LogP contribution in [0.3, 0.4) is 0 Å². The van der Waals surface area contributed by atoms with E-state index in [2.05, 4.69) is 65.6 Å². The lowest BCUT2D eigenvalue weighted by atomic mass is 10.1. The predicted molar refractivity (Wildman–Crippen MR) is 104 cm³/mol. The van der Waals surface area contributed by atoms with Gasteiger partial charge in [0.25, 0.3) is 0 Å². The van der Waals surface area contributed by atoms with Gasteiger partial charge in [-0.2, -0.15) is 4.98 Å². The zero-order valence-electron chi connectivity index (χ0n) is 15.2. The summed E-state index contributed by atoms with van der Waals surface area (Å²) < 4.78 is 0. The number of rotatable bonds is 5. The van der Waals surface area contributed by atoms with Gasteiger partial charge >= 0.3 is 0 Å². The first-order valence-electron chi connectivity index (χ1n) is 8.53. The van der Waals surface area contributed by atoms with Crippen LogP contribution in [-0.4, -0.2) is 9.97 Å². The monoisotopic (exact) mass is 332 g/mol. The van der Waals surface area contributed by atoms with Crippen LogP contribution in [0.1, 0.15) is 35.3 Å². The highest BCUT2D eigenvalue weighted by Crippen LogP contribution is 2.21. The number of hydrogen-bond donors (Lipinski definition) is 2. The molecule has 3 rings (SSSR count). The second-order valence-electron chi connectivity index (χ2n) is 6.42. The van der Waals surface area contributed by atoms with Crippen molar-refractivity contribution in [3.05, 3.63) is 77.0 Å². The number of nitrogens with one attached hydrogen (secondary N) is 2. The molecule has 0 amide bonds. The molecule has 4 nitrogen and oxygen atoms in total. The van der Waals surface area contributed by atoms with Crippen LogP contribution in [0.25, 0.3) is 0 Å². The Labute approximate surface area is 149 Å². The fraction of sp³-hybridized carbons (Fsp3) is 0.238. The van der Waals surface area contributed by atoms with Crippen LogP contribution < -0.4 is 10.6 Å². The van der Waals surface area contributed by atoms with Crippen LogP contribution in [0.4, 0.5) is 17.5 Å². The van der Waals surface area contributed by atoms with Crippen molar-refractivity contribution in [2.24, 2.45) is 0 Å². The second kappa shape index (κ2) is 7.34. The van der Waals surface area contributed by atoms with Gasteiger partial charge in [-0.05, 0) is 56.5 Å². The minimum atomic E-state index is 0.171. The van der Waals surface area contributed by atoms with Crippen molar-refractivity contribution in [2.75, 3.05) is 10.6 Å². The van der Waals surface area contributed by atoms with Crippen molar-refractivity contribution in [1.29, 1.82) is 0 Å². The Morgan fingerprint density at radius 3 is 2.32 bits per heavy atom. The number of nitrogens with zero attached hydrogens (tertiary/aromatic N) is 2. The summed E-state index contributed by atoms with van der Waals surface area (Å²) in [6, 6.07) is 18.7. The lowest BCUT2D eigenvalue weighted by Gasteiger charge is -2.16. The minimum absolute atomic E-state index is 0.171. The predicted octanol–water partition coefficient (Wildman–Crippen LogP) is 5.32. The van der Waals surface area contributed by atoms with E-state index in [0.29, 0.717) is 5.95 Å². The summed E-state index contributed by atoms with van der Waals surface area (Å²) in [7, 11) is 0. The first-order valence-corrected chi connectivity index (χ1v) is 8.53. The summed E-state index contributed by atoms with van der Waals surface area (Å²) in [6.07, 6.45) is 0. The third-order valence-electron chi connectivity index (χ3n) is 4.28. The molecular formula is C21H24N4. The van der Waals surface area contributed by atoms with E-state index < -0.39 is 0 Å². The number of aromatic nitrogens is 2. The van der Waals surface area contributed by atoms with Crippen molar-refractivity contribution < 1.29 is 0 Å². The van der Waals surface area contributed by atoms with Gasteiger partial charge in [0.05, 0.1) is 0 Å². The summed E-state index contributed by atoms with van der Waals surface area (Å²) in [5.41, 5.74) is 5.66. The molecule has 0 aliphatic carbocycles. The Morgan fingerprint density at radius 2 is 1.60 bits per heavy atom. The van der Waals surface area contributed by atoms with Gasteiger partial charge < -0.3 is 10.6 Å². The van der Waals surface area contributed by atoms with Gasteiger partial charge in [0.15, 0.2) is 0 Å². The van der Waals surface area contributed by atoms with Gasteiger partial charge in [-0.3, -0.25) is 0 Å². The number of anilines is 3. The maximum Gasteiger partial charge on any atom is 0.229 e. The molecule has 0 saturated heterocycles. The molecule has 4 heteroatoms. The van der Waals surface area contributed by atoms with Gasteiger partial charge in [-0.25, -0.2) is 4.98 Å². The fourth-order valence-electron chi connectivity index (χ4n) is 2.69. The average molecular weight is 332 g/mol. The summed E-state index contributed by atoms with van der Waals surface area (Å²) in [6.45, 7) is 8.32. The van der Waals surface area contributed by atoms with Crippen molar-refractivity contribution in [1.82, 2.24) is 9.97 Å². The minimum Gasteiger partial charge on any atom is -0.363 e.